The minimum Gasteiger partial charge on any atom is -0.455 e. The van der Waals surface area contributed by atoms with Crippen molar-refractivity contribution in [2.24, 2.45) is 0 Å². The molecule has 12 rings (SSSR count). The Kier molecular flexibility index (Phi) is 6.56. The number of furan rings is 1. The van der Waals surface area contributed by atoms with E-state index < -0.39 is 0 Å². The van der Waals surface area contributed by atoms with E-state index in [1.165, 1.54) is 21.8 Å². The number of para-hydroxylation sites is 6. The molecule has 4 aromatic heterocycles. The third-order valence-electron chi connectivity index (χ3n) is 11.3. The molecule has 56 heavy (non-hydrogen) atoms. The maximum atomic E-state index is 6.41. The van der Waals surface area contributed by atoms with Gasteiger partial charge in [-0.1, -0.05) is 133 Å². The van der Waals surface area contributed by atoms with E-state index >= 15 is 0 Å². The van der Waals surface area contributed by atoms with E-state index in [1.807, 2.05) is 12.1 Å². The number of hydrogen-bond acceptors (Lipinski definition) is 2. The first-order valence-electron chi connectivity index (χ1n) is 19.0. The minimum atomic E-state index is 0.860. The van der Waals surface area contributed by atoms with E-state index in [1.54, 1.807) is 0 Å². The Morgan fingerprint density at radius 2 is 1.02 bits per heavy atom. The lowest BCUT2D eigenvalue weighted by Gasteiger charge is -2.09. The molecule has 0 unspecified atom stereocenters. The van der Waals surface area contributed by atoms with E-state index in [4.69, 9.17) is 9.40 Å². The van der Waals surface area contributed by atoms with E-state index in [0.717, 1.165) is 83.8 Å². The van der Waals surface area contributed by atoms with Crippen molar-refractivity contribution >= 4 is 60.6 Å². The molecular formula is C51H32N4O. The number of fused-ring (bicyclic) bond motifs is 9. The number of benzene rings is 8. The Morgan fingerprint density at radius 3 is 1.84 bits per heavy atom. The molecule has 262 valence electrons. The van der Waals surface area contributed by atoms with Crippen molar-refractivity contribution in [2.45, 2.75) is 0 Å². The normalized spacial score (nSPS) is 11.9. The van der Waals surface area contributed by atoms with Crippen LogP contribution in [0, 0.1) is 0 Å². The zero-order valence-corrected chi connectivity index (χ0v) is 30.2. The zero-order valence-electron chi connectivity index (χ0n) is 30.2. The molecule has 12 aromatic rings. The highest BCUT2D eigenvalue weighted by molar-refractivity contribution is 6.11. The summed E-state index contributed by atoms with van der Waals surface area (Å²) in [6.07, 6.45) is 0. The fraction of sp³-hybridized carbons (Fsp3) is 0. The van der Waals surface area contributed by atoms with Crippen LogP contribution in [0.15, 0.2) is 199 Å². The average molecular weight is 717 g/mol. The van der Waals surface area contributed by atoms with Crippen molar-refractivity contribution in [2.75, 3.05) is 0 Å². The third-order valence-corrected chi connectivity index (χ3v) is 11.3. The van der Waals surface area contributed by atoms with Crippen LogP contribution in [0.5, 0.6) is 0 Å². The molecule has 0 aliphatic rings. The maximum Gasteiger partial charge on any atom is 0.220 e. The van der Waals surface area contributed by atoms with Crippen molar-refractivity contribution in [1.29, 1.82) is 0 Å². The standard InChI is InChI=1S/C51H32N4O/c1-3-14-34(15-4-1)48-49(35-28-31-44-42(32-35)39-18-7-9-22-43(39)53(44)36-16-5-2-6-17-36)55-46-24-11-10-23-45(46)54(51(55)52-48)37-29-26-33(27-30-37)38-20-13-21-41-40-19-8-12-25-47(40)56-50(38)41/h1-32H. The van der Waals surface area contributed by atoms with Gasteiger partial charge in [0.1, 0.15) is 11.2 Å². The van der Waals surface area contributed by atoms with Crippen LogP contribution in [0.1, 0.15) is 0 Å². The maximum absolute atomic E-state index is 6.41. The van der Waals surface area contributed by atoms with Gasteiger partial charge in [-0.25, -0.2) is 4.98 Å². The fourth-order valence-electron chi connectivity index (χ4n) is 8.79. The van der Waals surface area contributed by atoms with E-state index in [2.05, 4.69) is 196 Å². The summed E-state index contributed by atoms with van der Waals surface area (Å²) >= 11 is 0. The second-order valence-electron chi connectivity index (χ2n) is 14.4. The van der Waals surface area contributed by atoms with Crippen molar-refractivity contribution in [3.63, 3.8) is 0 Å². The number of imidazole rings is 2. The first kappa shape index (κ1) is 30.8. The SMILES string of the molecule is c1ccc(-c2nc3n(-c4ccc(-c5cccc6c5oc5ccccc56)cc4)c4ccccc4n3c2-c2ccc3c(c2)c2ccccc2n3-c2ccccc2)cc1. The van der Waals surface area contributed by atoms with Gasteiger partial charge in [-0.2, -0.15) is 0 Å². The highest BCUT2D eigenvalue weighted by atomic mass is 16.3. The predicted octanol–water partition coefficient (Wildman–Crippen LogP) is 13.3. The van der Waals surface area contributed by atoms with Gasteiger partial charge in [0.2, 0.25) is 5.78 Å². The van der Waals surface area contributed by atoms with Gasteiger partial charge in [0.15, 0.2) is 0 Å². The quantitative estimate of drug-likeness (QED) is 0.178. The minimum absolute atomic E-state index is 0.860. The van der Waals surface area contributed by atoms with Gasteiger partial charge in [-0.15, -0.1) is 0 Å². The van der Waals surface area contributed by atoms with Crippen molar-refractivity contribution < 1.29 is 4.42 Å². The summed E-state index contributed by atoms with van der Waals surface area (Å²) < 4.78 is 13.4. The third kappa shape index (κ3) is 4.46. The van der Waals surface area contributed by atoms with Crippen LogP contribution >= 0.6 is 0 Å². The lowest BCUT2D eigenvalue weighted by atomic mass is 10.0. The summed E-state index contributed by atoms with van der Waals surface area (Å²) in [5.74, 6) is 0.860. The molecule has 8 aromatic carbocycles. The number of aromatic nitrogens is 4. The van der Waals surface area contributed by atoms with E-state index in [0.29, 0.717) is 0 Å². The van der Waals surface area contributed by atoms with Crippen LogP contribution in [-0.4, -0.2) is 18.5 Å². The van der Waals surface area contributed by atoms with Crippen molar-refractivity contribution in [3.8, 4) is 45.0 Å². The molecule has 0 fully saturated rings. The van der Waals surface area contributed by atoms with Gasteiger partial charge in [-0.3, -0.25) is 8.97 Å². The monoisotopic (exact) mass is 716 g/mol. The molecule has 0 saturated carbocycles. The fourth-order valence-corrected chi connectivity index (χ4v) is 8.79. The Bertz CT molecular complexity index is 3460. The molecule has 0 atom stereocenters. The van der Waals surface area contributed by atoms with Gasteiger partial charge in [-0.05, 0) is 66.2 Å². The van der Waals surface area contributed by atoms with E-state index in [9.17, 15) is 0 Å². The Balaban J connectivity index is 1.08. The molecule has 0 aliphatic carbocycles. The molecule has 5 nitrogen and oxygen atoms in total. The van der Waals surface area contributed by atoms with Crippen LogP contribution in [-0.2, 0) is 0 Å². The zero-order chi connectivity index (χ0) is 36.7. The summed E-state index contributed by atoms with van der Waals surface area (Å²) in [6, 6.07) is 68.8. The summed E-state index contributed by atoms with van der Waals surface area (Å²) in [6.45, 7) is 0. The Hall–Kier alpha value is -7.63. The van der Waals surface area contributed by atoms with Crippen LogP contribution in [0.3, 0.4) is 0 Å². The second kappa shape index (κ2) is 11.9. The molecule has 5 heteroatoms. The summed E-state index contributed by atoms with van der Waals surface area (Å²) in [7, 11) is 0. The Morgan fingerprint density at radius 1 is 0.393 bits per heavy atom. The lowest BCUT2D eigenvalue weighted by molar-refractivity contribution is 0.670. The number of hydrogen-bond donors (Lipinski definition) is 0. The number of rotatable bonds is 5. The number of nitrogens with zero attached hydrogens (tertiary/aromatic N) is 4. The van der Waals surface area contributed by atoms with Gasteiger partial charge < -0.3 is 8.98 Å². The van der Waals surface area contributed by atoms with Gasteiger partial charge in [0.25, 0.3) is 0 Å². The van der Waals surface area contributed by atoms with Crippen LogP contribution in [0.2, 0.25) is 0 Å². The molecule has 0 saturated heterocycles. The molecule has 0 spiro atoms. The molecule has 4 heterocycles. The van der Waals surface area contributed by atoms with Crippen LogP contribution < -0.4 is 0 Å². The topological polar surface area (TPSA) is 40.3 Å². The molecule has 0 aliphatic heterocycles. The van der Waals surface area contributed by atoms with Crippen molar-refractivity contribution in [1.82, 2.24) is 18.5 Å². The molecule has 0 amide bonds. The van der Waals surface area contributed by atoms with Crippen LogP contribution in [0.4, 0.5) is 0 Å². The summed E-state index contributed by atoms with van der Waals surface area (Å²) in [5.41, 5.74) is 14.9. The summed E-state index contributed by atoms with van der Waals surface area (Å²) in [4.78, 5) is 5.52. The van der Waals surface area contributed by atoms with Crippen molar-refractivity contribution in [3.05, 3.63) is 194 Å². The summed E-state index contributed by atoms with van der Waals surface area (Å²) in [5, 5.41) is 4.68. The average Bonchev–Trinajstić information content (AvgIpc) is 4.01. The molecule has 0 N–H and O–H groups in total. The largest absolute Gasteiger partial charge is 0.455 e. The van der Waals surface area contributed by atoms with E-state index in [-0.39, 0.29) is 0 Å². The smallest absolute Gasteiger partial charge is 0.220 e. The molecular weight excluding hydrogens is 685 g/mol. The van der Waals surface area contributed by atoms with Gasteiger partial charge in [0, 0.05) is 49.6 Å². The highest BCUT2D eigenvalue weighted by Crippen LogP contribution is 2.41. The molecule has 0 radical (unpaired) electrons. The van der Waals surface area contributed by atoms with Gasteiger partial charge in [0.05, 0.1) is 33.5 Å². The first-order chi connectivity index (χ1) is 27.8. The first-order valence-corrected chi connectivity index (χ1v) is 19.0. The Labute approximate surface area is 321 Å². The molecule has 0 bridgehead atoms. The second-order valence-corrected chi connectivity index (χ2v) is 14.4. The highest BCUT2D eigenvalue weighted by Gasteiger charge is 2.24. The van der Waals surface area contributed by atoms with Gasteiger partial charge >= 0.3 is 0 Å². The predicted molar refractivity (Wildman–Crippen MR) is 230 cm³/mol. The van der Waals surface area contributed by atoms with Crippen LogP contribution in [0.25, 0.3) is 106 Å². The lowest BCUT2D eigenvalue weighted by Crippen LogP contribution is -1.95.